The molecule has 0 spiro atoms. The summed E-state index contributed by atoms with van der Waals surface area (Å²) >= 11 is 6.77. The van der Waals surface area contributed by atoms with Gasteiger partial charge in [-0.15, -0.1) is 0 Å². The number of aromatic amines is 1. The number of nitrogens with zero attached hydrogens (tertiary/aromatic N) is 1. The van der Waals surface area contributed by atoms with Crippen molar-refractivity contribution in [2.75, 3.05) is 0 Å². The van der Waals surface area contributed by atoms with Gasteiger partial charge in [-0.25, -0.2) is 0 Å². The predicted octanol–water partition coefficient (Wildman–Crippen LogP) is 2.81. The molecule has 1 aliphatic carbocycles. The van der Waals surface area contributed by atoms with Crippen LogP contribution in [0.5, 0.6) is 0 Å². The van der Waals surface area contributed by atoms with E-state index in [2.05, 4.69) is 42.1 Å². The summed E-state index contributed by atoms with van der Waals surface area (Å²) in [6, 6.07) is 0. The third kappa shape index (κ3) is 1.03. The van der Waals surface area contributed by atoms with Gasteiger partial charge in [0.05, 0.1) is 10.2 Å². The van der Waals surface area contributed by atoms with E-state index >= 15 is 0 Å². The van der Waals surface area contributed by atoms with E-state index in [1.54, 1.807) is 0 Å². The zero-order valence-electron chi connectivity index (χ0n) is 5.19. The number of H-pyrrole nitrogens is 1. The molecule has 1 heterocycles. The summed E-state index contributed by atoms with van der Waals surface area (Å²) in [5, 5.41) is 7.01. The largest absolute Gasteiger partial charge is 0.280 e. The summed E-state index contributed by atoms with van der Waals surface area (Å²) in [6.45, 7) is 0. The molecule has 1 aromatic heterocycles. The average molecular weight is 266 g/mol. The Morgan fingerprint density at radius 2 is 2.10 bits per heavy atom. The first-order chi connectivity index (χ1) is 4.79. The van der Waals surface area contributed by atoms with E-state index in [0.29, 0.717) is 0 Å². The topological polar surface area (TPSA) is 28.7 Å². The summed E-state index contributed by atoms with van der Waals surface area (Å²) in [5.74, 6) is 0.730. The van der Waals surface area contributed by atoms with Gasteiger partial charge in [0, 0.05) is 5.92 Å². The van der Waals surface area contributed by atoms with Crippen LogP contribution in [0.25, 0.3) is 0 Å². The van der Waals surface area contributed by atoms with E-state index < -0.39 is 0 Å². The van der Waals surface area contributed by atoms with Crippen molar-refractivity contribution in [2.24, 2.45) is 0 Å². The summed E-state index contributed by atoms with van der Waals surface area (Å²) in [4.78, 5) is 0. The zero-order chi connectivity index (χ0) is 7.14. The lowest BCUT2D eigenvalue weighted by molar-refractivity contribution is 0.957. The molecule has 0 atom stereocenters. The molecule has 1 aliphatic rings. The molecule has 1 aromatic rings. The van der Waals surface area contributed by atoms with Crippen LogP contribution in [-0.4, -0.2) is 10.2 Å². The third-order valence-corrected chi connectivity index (χ3v) is 3.59. The molecule has 4 heteroatoms. The van der Waals surface area contributed by atoms with Crippen molar-refractivity contribution < 1.29 is 0 Å². The van der Waals surface area contributed by atoms with Gasteiger partial charge in [0.15, 0.2) is 0 Å². The Balaban J connectivity index is 2.40. The average Bonchev–Trinajstić information content (AvgIpc) is 2.67. The monoisotopic (exact) mass is 264 g/mol. The minimum atomic E-state index is 0.730. The minimum Gasteiger partial charge on any atom is -0.280 e. The summed E-state index contributed by atoms with van der Waals surface area (Å²) in [5.41, 5.74) is 1.24. The molecule has 0 unspecified atom stereocenters. The normalized spacial score (nSPS) is 17.8. The zero-order valence-corrected chi connectivity index (χ0v) is 8.37. The molecule has 0 amide bonds. The molecule has 1 saturated carbocycles. The second-order valence-corrected chi connectivity index (χ2v) is 4.06. The molecule has 2 rings (SSSR count). The molecule has 10 heavy (non-hydrogen) atoms. The molecular formula is C6H6Br2N2. The van der Waals surface area contributed by atoms with Gasteiger partial charge in [-0.05, 0) is 44.7 Å². The minimum absolute atomic E-state index is 0.730. The molecular weight excluding hydrogens is 260 g/mol. The van der Waals surface area contributed by atoms with Crippen LogP contribution in [0.3, 0.4) is 0 Å². The second kappa shape index (κ2) is 2.34. The lowest BCUT2D eigenvalue weighted by atomic mass is 10.3. The van der Waals surface area contributed by atoms with Crippen molar-refractivity contribution in [1.29, 1.82) is 0 Å². The highest BCUT2D eigenvalue weighted by molar-refractivity contribution is 9.13. The van der Waals surface area contributed by atoms with Crippen molar-refractivity contribution in [3.63, 3.8) is 0 Å². The van der Waals surface area contributed by atoms with Crippen molar-refractivity contribution in [3.8, 4) is 0 Å². The maximum absolute atomic E-state index is 4.02. The molecule has 1 fully saturated rings. The van der Waals surface area contributed by atoms with Gasteiger partial charge >= 0.3 is 0 Å². The van der Waals surface area contributed by atoms with Gasteiger partial charge in [0.1, 0.15) is 4.60 Å². The summed E-state index contributed by atoms with van der Waals surface area (Å²) in [7, 11) is 0. The van der Waals surface area contributed by atoms with Gasteiger partial charge in [0.2, 0.25) is 0 Å². The van der Waals surface area contributed by atoms with E-state index in [9.17, 15) is 0 Å². The number of nitrogens with one attached hydrogen (secondary N) is 1. The molecule has 54 valence electrons. The molecule has 2 nitrogen and oxygen atoms in total. The molecule has 0 bridgehead atoms. The van der Waals surface area contributed by atoms with Crippen LogP contribution in [0.2, 0.25) is 0 Å². The van der Waals surface area contributed by atoms with E-state index in [1.165, 1.54) is 18.5 Å². The van der Waals surface area contributed by atoms with Crippen LogP contribution < -0.4 is 0 Å². The number of hydrogen-bond acceptors (Lipinski definition) is 1. The molecule has 0 saturated heterocycles. The third-order valence-electron chi connectivity index (χ3n) is 1.68. The summed E-state index contributed by atoms with van der Waals surface area (Å²) in [6.07, 6.45) is 2.60. The summed E-state index contributed by atoms with van der Waals surface area (Å²) < 4.78 is 1.98. The van der Waals surface area contributed by atoms with E-state index in [-0.39, 0.29) is 0 Å². The highest BCUT2D eigenvalue weighted by Crippen LogP contribution is 2.43. The predicted molar refractivity (Wildman–Crippen MR) is 46.0 cm³/mol. The molecule has 0 aromatic carbocycles. The highest BCUT2D eigenvalue weighted by atomic mass is 79.9. The van der Waals surface area contributed by atoms with E-state index in [0.717, 1.165) is 15.0 Å². The van der Waals surface area contributed by atoms with Crippen LogP contribution in [0.15, 0.2) is 9.08 Å². The van der Waals surface area contributed by atoms with E-state index in [4.69, 9.17) is 0 Å². The Hall–Kier alpha value is 0.170. The fraction of sp³-hybridized carbons (Fsp3) is 0.500. The van der Waals surface area contributed by atoms with Gasteiger partial charge in [0.25, 0.3) is 0 Å². The van der Waals surface area contributed by atoms with Crippen LogP contribution >= 0.6 is 31.9 Å². The van der Waals surface area contributed by atoms with Gasteiger partial charge in [-0.3, -0.25) is 5.10 Å². The molecule has 1 N–H and O–H groups in total. The van der Waals surface area contributed by atoms with Crippen LogP contribution in [0, 0.1) is 0 Å². The second-order valence-electron chi connectivity index (χ2n) is 2.52. The number of rotatable bonds is 1. The first-order valence-electron chi connectivity index (χ1n) is 3.18. The lowest BCUT2D eigenvalue weighted by Crippen LogP contribution is -1.78. The highest BCUT2D eigenvalue weighted by Gasteiger charge is 2.28. The molecule has 0 radical (unpaired) electrons. The number of halogens is 2. The maximum atomic E-state index is 4.02. The quantitative estimate of drug-likeness (QED) is 0.831. The number of hydrogen-bond donors (Lipinski definition) is 1. The first-order valence-corrected chi connectivity index (χ1v) is 4.77. The van der Waals surface area contributed by atoms with Crippen molar-refractivity contribution in [3.05, 3.63) is 14.8 Å². The molecule has 0 aliphatic heterocycles. The fourth-order valence-corrected chi connectivity index (χ4v) is 1.76. The van der Waals surface area contributed by atoms with E-state index in [1.807, 2.05) is 0 Å². The fourth-order valence-electron chi connectivity index (χ4n) is 0.961. The Kier molecular flexibility index (Phi) is 1.60. The lowest BCUT2D eigenvalue weighted by Gasteiger charge is -1.89. The van der Waals surface area contributed by atoms with Crippen LogP contribution in [0.1, 0.15) is 24.5 Å². The van der Waals surface area contributed by atoms with Crippen molar-refractivity contribution in [1.82, 2.24) is 10.2 Å². The van der Waals surface area contributed by atoms with Crippen LogP contribution in [-0.2, 0) is 0 Å². The smallest absolute Gasteiger partial charge is 0.142 e. The Morgan fingerprint density at radius 3 is 2.50 bits per heavy atom. The SMILES string of the molecule is Brc1n[nH]c(C2CC2)c1Br. The Morgan fingerprint density at radius 1 is 1.40 bits per heavy atom. The maximum Gasteiger partial charge on any atom is 0.142 e. The van der Waals surface area contributed by atoms with Crippen LogP contribution in [0.4, 0.5) is 0 Å². The van der Waals surface area contributed by atoms with Gasteiger partial charge < -0.3 is 0 Å². The van der Waals surface area contributed by atoms with Crippen molar-refractivity contribution in [2.45, 2.75) is 18.8 Å². The Bertz CT molecular complexity index is 252. The van der Waals surface area contributed by atoms with Gasteiger partial charge in [-0.2, -0.15) is 5.10 Å². The first kappa shape index (κ1) is 6.85. The Labute approximate surface area is 75.7 Å². The van der Waals surface area contributed by atoms with Gasteiger partial charge in [-0.1, -0.05) is 0 Å². The van der Waals surface area contributed by atoms with Crippen molar-refractivity contribution >= 4 is 31.9 Å². The standard InChI is InChI=1S/C6H6Br2N2/c7-4-5(3-1-2-3)9-10-6(4)8/h3H,1-2H2,(H,9,10). The number of aromatic nitrogens is 2.